The first-order chi connectivity index (χ1) is 28.0. The molecule has 0 radical (unpaired) electrons. The lowest BCUT2D eigenvalue weighted by Crippen LogP contribution is -2.53. The van der Waals surface area contributed by atoms with Crippen molar-refractivity contribution >= 4 is 46.6 Å². The molecule has 3 saturated heterocycles. The summed E-state index contributed by atoms with van der Waals surface area (Å²) in [5.74, 6) is -0.843. The molecule has 2 atom stereocenters. The van der Waals surface area contributed by atoms with Crippen LogP contribution >= 0.6 is 0 Å². The minimum absolute atomic E-state index is 0.00353. The number of anilines is 2. The van der Waals surface area contributed by atoms with E-state index in [1.54, 1.807) is 40.4 Å². The molecule has 5 aliphatic heterocycles. The number of fused-ring (bicyclic) bond motifs is 3. The monoisotopic (exact) mass is 791 g/mol. The fourth-order valence-electron chi connectivity index (χ4n) is 9.05. The van der Waals surface area contributed by atoms with Gasteiger partial charge in [-0.15, -0.1) is 0 Å². The van der Waals surface area contributed by atoms with E-state index in [9.17, 15) is 24.0 Å². The SMILES string of the molecule is CC(C)Oc1cc2c(cc1NC(=O)c1cnn3cccnc13)CN(C[C@@H](F)C1CCN(CC3CN(c4ccc5c(c4)CN(C4CCC(=O)NC4=O)C5=O)C3)CC1)C2=O. The van der Waals surface area contributed by atoms with E-state index in [0.29, 0.717) is 58.2 Å². The molecule has 9 rings (SSSR count). The third kappa shape index (κ3) is 7.14. The average molecular weight is 792 g/mol. The van der Waals surface area contributed by atoms with Gasteiger partial charge in [0.05, 0.1) is 24.5 Å². The number of piperidine rings is 2. The second kappa shape index (κ2) is 15.1. The standard InChI is InChI=1S/C42H46FN9O6/c1-24(2)58-36-16-31-28(15-34(36)46-39(54)32-17-45-52-11-3-10-44-38(32)52)21-50(41(31)56)23-33(43)26-8-12-48(13-9-26)18-25-19-49(20-25)29-4-5-30-27(14-29)22-51(42(30)57)35-6-7-37(53)47-40(35)55/h3-5,10-11,14-17,24-26,33,35H,6-9,12-13,18-23H2,1-2H3,(H,46,54)(H,47,53,55)/t33-,35?/m1/s1. The topological polar surface area (TPSA) is 162 Å². The number of aromatic nitrogens is 3. The summed E-state index contributed by atoms with van der Waals surface area (Å²) in [4.78, 5) is 76.2. The number of rotatable bonds is 11. The van der Waals surface area contributed by atoms with Crippen molar-refractivity contribution in [2.24, 2.45) is 11.8 Å². The summed E-state index contributed by atoms with van der Waals surface area (Å²) in [7, 11) is 0. The Labute approximate surface area is 334 Å². The van der Waals surface area contributed by atoms with E-state index in [0.717, 1.165) is 56.8 Å². The maximum Gasteiger partial charge on any atom is 0.261 e. The lowest BCUT2D eigenvalue weighted by molar-refractivity contribution is -0.136. The fraction of sp³-hybridized carbons (Fsp3) is 0.452. The molecule has 0 bridgehead atoms. The number of alkyl halides is 1. The number of imide groups is 1. The Kier molecular flexibility index (Phi) is 9.82. The van der Waals surface area contributed by atoms with Crippen LogP contribution in [0.3, 0.4) is 0 Å². The Morgan fingerprint density at radius 3 is 2.57 bits per heavy atom. The highest BCUT2D eigenvalue weighted by Crippen LogP contribution is 2.37. The van der Waals surface area contributed by atoms with Gasteiger partial charge >= 0.3 is 0 Å². The minimum Gasteiger partial charge on any atom is -0.489 e. The van der Waals surface area contributed by atoms with Crippen LogP contribution in [0.1, 0.15) is 81.7 Å². The predicted molar refractivity (Wildman–Crippen MR) is 210 cm³/mol. The second-order valence-electron chi connectivity index (χ2n) is 16.4. The first kappa shape index (κ1) is 37.7. The Morgan fingerprint density at radius 2 is 1.79 bits per heavy atom. The molecule has 16 heteroatoms. The number of benzene rings is 2. The van der Waals surface area contributed by atoms with Crippen LogP contribution < -0.4 is 20.3 Å². The van der Waals surface area contributed by atoms with Gasteiger partial charge in [0.2, 0.25) is 11.8 Å². The zero-order chi connectivity index (χ0) is 40.2. The lowest BCUT2D eigenvalue weighted by Gasteiger charge is -2.44. The van der Waals surface area contributed by atoms with E-state index in [2.05, 4.69) is 30.5 Å². The Bertz CT molecular complexity index is 2320. The predicted octanol–water partition coefficient (Wildman–Crippen LogP) is 3.67. The van der Waals surface area contributed by atoms with Gasteiger partial charge in [0.15, 0.2) is 5.65 Å². The quantitative estimate of drug-likeness (QED) is 0.215. The molecule has 15 nitrogen and oxygen atoms in total. The molecule has 2 aromatic carbocycles. The molecule has 5 aliphatic rings. The van der Waals surface area contributed by atoms with Gasteiger partial charge in [0, 0.05) is 74.3 Å². The summed E-state index contributed by atoms with van der Waals surface area (Å²) in [6, 6.07) is 10.4. The van der Waals surface area contributed by atoms with Crippen molar-refractivity contribution in [2.45, 2.75) is 70.9 Å². The molecular formula is C42H46FN9O6. The summed E-state index contributed by atoms with van der Waals surface area (Å²) < 4.78 is 23.5. The smallest absolute Gasteiger partial charge is 0.261 e. The number of nitrogens with one attached hydrogen (secondary N) is 2. The van der Waals surface area contributed by atoms with Crippen LogP contribution in [0.4, 0.5) is 15.8 Å². The summed E-state index contributed by atoms with van der Waals surface area (Å²) in [5, 5.41) is 9.48. The molecule has 58 heavy (non-hydrogen) atoms. The number of carbonyl (C=O) groups is 5. The van der Waals surface area contributed by atoms with Crippen LogP contribution in [0.15, 0.2) is 55.0 Å². The second-order valence-corrected chi connectivity index (χ2v) is 16.4. The summed E-state index contributed by atoms with van der Waals surface area (Å²) in [6.07, 6.45) is 5.38. The maximum absolute atomic E-state index is 15.9. The number of hydrogen-bond acceptors (Lipinski definition) is 10. The number of halogens is 1. The van der Waals surface area contributed by atoms with Crippen LogP contribution in [-0.4, -0.2) is 116 Å². The Morgan fingerprint density at radius 1 is 1.00 bits per heavy atom. The van der Waals surface area contributed by atoms with E-state index in [1.165, 1.54) is 10.7 Å². The van der Waals surface area contributed by atoms with E-state index < -0.39 is 24.0 Å². The van der Waals surface area contributed by atoms with Crippen molar-refractivity contribution in [3.05, 3.63) is 82.8 Å². The third-order valence-corrected chi connectivity index (χ3v) is 12.1. The largest absolute Gasteiger partial charge is 0.489 e. The first-order valence-corrected chi connectivity index (χ1v) is 20.1. The van der Waals surface area contributed by atoms with Gasteiger partial charge in [-0.3, -0.25) is 29.3 Å². The van der Waals surface area contributed by atoms with Gasteiger partial charge in [-0.25, -0.2) is 13.9 Å². The molecule has 4 aromatic rings. The molecule has 2 aromatic heterocycles. The zero-order valence-corrected chi connectivity index (χ0v) is 32.5. The summed E-state index contributed by atoms with van der Waals surface area (Å²) >= 11 is 0. The van der Waals surface area contributed by atoms with Gasteiger partial charge in [-0.1, -0.05) is 0 Å². The molecule has 0 saturated carbocycles. The van der Waals surface area contributed by atoms with Crippen LogP contribution in [0.25, 0.3) is 5.65 Å². The highest BCUT2D eigenvalue weighted by Gasteiger charge is 2.40. The molecule has 7 heterocycles. The van der Waals surface area contributed by atoms with Gasteiger partial charge in [0.25, 0.3) is 17.7 Å². The maximum atomic E-state index is 15.9. The number of carbonyl (C=O) groups excluding carboxylic acids is 5. The van der Waals surface area contributed by atoms with Crippen molar-refractivity contribution in [3.8, 4) is 5.75 Å². The summed E-state index contributed by atoms with van der Waals surface area (Å²) in [6.45, 7) is 8.64. The van der Waals surface area contributed by atoms with Crippen molar-refractivity contribution in [3.63, 3.8) is 0 Å². The molecule has 5 amide bonds. The third-order valence-electron chi connectivity index (χ3n) is 12.1. The van der Waals surface area contributed by atoms with E-state index in [4.69, 9.17) is 4.74 Å². The van der Waals surface area contributed by atoms with Gasteiger partial charge in [-0.05, 0) is 99.6 Å². The number of likely N-dealkylation sites (tertiary alicyclic amines) is 1. The number of hydrogen-bond donors (Lipinski definition) is 2. The van der Waals surface area contributed by atoms with Gasteiger partial charge < -0.3 is 29.7 Å². The van der Waals surface area contributed by atoms with E-state index in [1.807, 2.05) is 32.0 Å². The van der Waals surface area contributed by atoms with Crippen molar-refractivity contribution in [1.82, 2.24) is 34.6 Å². The highest BCUT2D eigenvalue weighted by atomic mass is 19.1. The normalized spacial score (nSPS) is 20.8. The van der Waals surface area contributed by atoms with Crippen molar-refractivity contribution in [2.75, 3.05) is 49.5 Å². The summed E-state index contributed by atoms with van der Waals surface area (Å²) in [5.41, 5.74) is 4.84. The zero-order valence-electron chi connectivity index (χ0n) is 32.5. The molecule has 0 spiro atoms. The number of ether oxygens (including phenoxy) is 1. The molecular weight excluding hydrogens is 746 g/mol. The minimum atomic E-state index is -1.16. The average Bonchev–Trinajstić information content (AvgIpc) is 3.85. The van der Waals surface area contributed by atoms with Crippen LogP contribution in [0, 0.1) is 11.8 Å². The first-order valence-electron chi connectivity index (χ1n) is 20.1. The number of nitrogens with zero attached hydrogens (tertiary/aromatic N) is 7. The Balaban J connectivity index is 0.755. The van der Waals surface area contributed by atoms with Crippen LogP contribution in [-0.2, 0) is 22.7 Å². The fourth-order valence-corrected chi connectivity index (χ4v) is 9.05. The van der Waals surface area contributed by atoms with E-state index in [-0.39, 0.29) is 49.3 Å². The van der Waals surface area contributed by atoms with Gasteiger partial charge in [-0.2, -0.15) is 5.10 Å². The molecule has 1 unspecified atom stereocenters. The molecule has 0 aliphatic carbocycles. The number of amides is 5. The van der Waals surface area contributed by atoms with Crippen molar-refractivity contribution in [1.29, 1.82) is 0 Å². The van der Waals surface area contributed by atoms with Crippen LogP contribution in [0.2, 0.25) is 0 Å². The molecule has 2 N–H and O–H groups in total. The van der Waals surface area contributed by atoms with Gasteiger partial charge in [0.1, 0.15) is 23.5 Å². The molecule has 302 valence electrons. The van der Waals surface area contributed by atoms with E-state index >= 15 is 4.39 Å². The highest BCUT2D eigenvalue weighted by molar-refractivity contribution is 6.09. The Hall–Kier alpha value is -5.90. The lowest BCUT2D eigenvalue weighted by atomic mass is 9.90. The molecule has 3 fully saturated rings. The van der Waals surface area contributed by atoms with Crippen LogP contribution in [0.5, 0.6) is 5.75 Å². The van der Waals surface area contributed by atoms with Crippen molar-refractivity contribution < 1.29 is 33.1 Å².